The molecule has 2 heterocycles. The lowest BCUT2D eigenvalue weighted by atomic mass is 9.92. The second-order valence-electron chi connectivity index (χ2n) is 4.88. The summed E-state index contributed by atoms with van der Waals surface area (Å²) in [6, 6.07) is 0. The van der Waals surface area contributed by atoms with Gasteiger partial charge in [-0.2, -0.15) is 0 Å². The lowest BCUT2D eigenvalue weighted by Gasteiger charge is -2.34. The summed E-state index contributed by atoms with van der Waals surface area (Å²) in [5.74, 6) is 1.04. The van der Waals surface area contributed by atoms with Crippen molar-refractivity contribution in [2.45, 2.75) is 20.3 Å². The Labute approximate surface area is 106 Å². The fourth-order valence-electron chi connectivity index (χ4n) is 2.41. The predicted octanol–water partition coefficient (Wildman–Crippen LogP) is 2.25. The molecule has 17 heavy (non-hydrogen) atoms. The van der Waals surface area contributed by atoms with E-state index in [1.807, 2.05) is 4.90 Å². The second-order valence-corrected chi connectivity index (χ2v) is 5.27. The molecular formula is C12H16ClN3O. The van der Waals surface area contributed by atoms with Crippen molar-refractivity contribution in [3.05, 3.63) is 23.2 Å². The fraction of sp³-hybridized carbons (Fsp3) is 0.583. The van der Waals surface area contributed by atoms with Crippen molar-refractivity contribution in [3.63, 3.8) is 0 Å². The van der Waals surface area contributed by atoms with E-state index >= 15 is 0 Å². The second kappa shape index (κ2) is 5.00. The van der Waals surface area contributed by atoms with Gasteiger partial charge in [-0.1, -0.05) is 25.4 Å². The predicted molar refractivity (Wildman–Crippen MR) is 65.9 cm³/mol. The maximum atomic E-state index is 12.2. The quantitative estimate of drug-likeness (QED) is 0.771. The Kier molecular flexibility index (Phi) is 3.62. The molecule has 1 aliphatic rings. The van der Waals surface area contributed by atoms with Gasteiger partial charge in [0.1, 0.15) is 10.8 Å². The van der Waals surface area contributed by atoms with Crippen LogP contribution in [0.1, 0.15) is 30.8 Å². The summed E-state index contributed by atoms with van der Waals surface area (Å²) in [5.41, 5.74) is 0.371. The number of carbonyl (C=O) groups excluding carboxylic acids is 1. The highest BCUT2D eigenvalue weighted by Crippen LogP contribution is 2.22. The molecule has 1 fully saturated rings. The Morgan fingerprint density at radius 2 is 1.94 bits per heavy atom. The summed E-state index contributed by atoms with van der Waals surface area (Å²) in [7, 11) is 0. The number of carbonyl (C=O) groups is 1. The summed E-state index contributed by atoms with van der Waals surface area (Å²) in [4.78, 5) is 21.9. The Hall–Kier alpha value is -1.16. The van der Waals surface area contributed by atoms with Gasteiger partial charge in [0.05, 0.1) is 12.4 Å². The third-order valence-corrected chi connectivity index (χ3v) is 3.19. The first-order valence-corrected chi connectivity index (χ1v) is 6.21. The van der Waals surface area contributed by atoms with Gasteiger partial charge in [0, 0.05) is 13.1 Å². The number of amides is 1. The van der Waals surface area contributed by atoms with Gasteiger partial charge in [0.15, 0.2) is 0 Å². The number of hydrogen-bond donors (Lipinski definition) is 0. The first kappa shape index (κ1) is 12.3. The average molecular weight is 254 g/mol. The molecule has 1 aromatic heterocycles. The molecule has 0 aliphatic carbocycles. The third kappa shape index (κ3) is 2.94. The van der Waals surface area contributed by atoms with Crippen LogP contribution in [0, 0.1) is 11.8 Å². The standard InChI is InChI=1S/C12H16ClN3O/c1-8-3-9(2)7-16(6-8)12(17)10-4-15-11(13)5-14-10/h4-5,8-9H,3,6-7H2,1-2H3. The highest BCUT2D eigenvalue weighted by atomic mass is 35.5. The van der Waals surface area contributed by atoms with Crippen LogP contribution in [-0.2, 0) is 0 Å². The average Bonchev–Trinajstić information content (AvgIpc) is 2.28. The largest absolute Gasteiger partial charge is 0.337 e. The monoisotopic (exact) mass is 253 g/mol. The van der Waals surface area contributed by atoms with Crippen LogP contribution in [0.3, 0.4) is 0 Å². The number of piperidine rings is 1. The summed E-state index contributed by atoms with van der Waals surface area (Å²) >= 11 is 5.65. The number of halogens is 1. The van der Waals surface area contributed by atoms with Crippen molar-refractivity contribution in [2.24, 2.45) is 11.8 Å². The summed E-state index contributed by atoms with van der Waals surface area (Å²) in [5, 5.41) is 0.307. The minimum Gasteiger partial charge on any atom is -0.337 e. The van der Waals surface area contributed by atoms with Crippen molar-refractivity contribution < 1.29 is 4.79 Å². The van der Waals surface area contributed by atoms with Gasteiger partial charge in [0.2, 0.25) is 0 Å². The van der Waals surface area contributed by atoms with Crippen molar-refractivity contribution in [1.82, 2.24) is 14.9 Å². The lowest BCUT2D eigenvalue weighted by Crippen LogP contribution is -2.42. The zero-order valence-electron chi connectivity index (χ0n) is 10.1. The first-order valence-electron chi connectivity index (χ1n) is 5.83. The van der Waals surface area contributed by atoms with Crippen LogP contribution in [0.2, 0.25) is 5.15 Å². The molecule has 2 atom stereocenters. The van der Waals surface area contributed by atoms with Crippen LogP contribution >= 0.6 is 11.6 Å². The zero-order chi connectivity index (χ0) is 12.4. The summed E-state index contributed by atoms with van der Waals surface area (Å²) < 4.78 is 0. The van der Waals surface area contributed by atoms with Crippen LogP contribution in [0.15, 0.2) is 12.4 Å². The van der Waals surface area contributed by atoms with Gasteiger partial charge in [-0.05, 0) is 18.3 Å². The number of likely N-dealkylation sites (tertiary alicyclic amines) is 1. The van der Waals surface area contributed by atoms with E-state index in [1.54, 1.807) is 0 Å². The van der Waals surface area contributed by atoms with Crippen molar-refractivity contribution in [1.29, 1.82) is 0 Å². The van der Waals surface area contributed by atoms with E-state index in [0.717, 1.165) is 13.1 Å². The fourth-order valence-corrected chi connectivity index (χ4v) is 2.51. The van der Waals surface area contributed by atoms with E-state index in [0.29, 0.717) is 22.7 Å². The van der Waals surface area contributed by atoms with Gasteiger partial charge in [0.25, 0.3) is 5.91 Å². The lowest BCUT2D eigenvalue weighted by molar-refractivity contribution is 0.0616. The Balaban J connectivity index is 2.11. The molecule has 0 spiro atoms. The van der Waals surface area contributed by atoms with E-state index in [2.05, 4.69) is 23.8 Å². The molecule has 92 valence electrons. The first-order chi connectivity index (χ1) is 8.06. The van der Waals surface area contributed by atoms with Gasteiger partial charge in [-0.3, -0.25) is 4.79 Å². The number of hydrogen-bond acceptors (Lipinski definition) is 3. The van der Waals surface area contributed by atoms with E-state index in [4.69, 9.17) is 11.6 Å². The van der Waals surface area contributed by atoms with Crippen molar-refractivity contribution in [2.75, 3.05) is 13.1 Å². The number of nitrogens with zero attached hydrogens (tertiary/aromatic N) is 3. The van der Waals surface area contributed by atoms with Crippen LogP contribution in [-0.4, -0.2) is 33.9 Å². The van der Waals surface area contributed by atoms with Gasteiger partial charge in [-0.25, -0.2) is 9.97 Å². The Morgan fingerprint density at radius 3 is 2.47 bits per heavy atom. The van der Waals surface area contributed by atoms with Crippen LogP contribution in [0.25, 0.3) is 0 Å². The number of aromatic nitrogens is 2. The minimum absolute atomic E-state index is 0.0485. The molecule has 2 rings (SSSR count). The Bertz CT molecular complexity index is 397. The highest BCUT2D eigenvalue weighted by molar-refractivity contribution is 6.29. The maximum Gasteiger partial charge on any atom is 0.274 e. The van der Waals surface area contributed by atoms with Crippen LogP contribution in [0.5, 0.6) is 0 Å². The normalized spacial score (nSPS) is 24.8. The SMILES string of the molecule is CC1CC(C)CN(C(=O)c2cnc(Cl)cn2)C1. The van der Waals surface area contributed by atoms with Crippen LogP contribution in [0.4, 0.5) is 0 Å². The highest BCUT2D eigenvalue weighted by Gasteiger charge is 2.26. The van der Waals surface area contributed by atoms with E-state index in [1.165, 1.54) is 18.8 Å². The molecule has 0 bridgehead atoms. The van der Waals surface area contributed by atoms with Crippen molar-refractivity contribution >= 4 is 17.5 Å². The Morgan fingerprint density at radius 1 is 1.29 bits per heavy atom. The molecule has 0 N–H and O–H groups in total. The molecule has 4 nitrogen and oxygen atoms in total. The molecule has 1 aromatic rings. The topological polar surface area (TPSA) is 46.1 Å². The molecule has 0 aromatic carbocycles. The maximum absolute atomic E-state index is 12.2. The molecule has 0 saturated carbocycles. The molecular weight excluding hydrogens is 238 g/mol. The van der Waals surface area contributed by atoms with E-state index < -0.39 is 0 Å². The van der Waals surface area contributed by atoms with Crippen LogP contribution < -0.4 is 0 Å². The third-order valence-electron chi connectivity index (χ3n) is 3.00. The molecule has 1 aliphatic heterocycles. The van der Waals surface area contributed by atoms with E-state index in [9.17, 15) is 4.79 Å². The molecule has 1 amide bonds. The smallest absolute Gasteiger partial charge is 0.274 e. The minimum atomic E-state index is -0.0485. The van der Waals surface area contributed by atoms with Gasteiger partial charge in [-0.15, -0.1) is 0 Å². The summed E-state index contributed by atoms with van der Waals surface area (Å²) in [6.07, 6.45) is 4.02. The molecule has 2 unspecified atom stereocenters. The van der Waals surface area contributed by atoms with Crippen molar-refractivity contribution in [3.8, 4) is 0 Å². The molecule has 1 saturated heterocycles. The zero-order valence-corrected chi connectivity index (χ0v) is 10.8. The number of rotatable bonds is 1. The van der Waals surface area contributed by atoms with Gasteiger partial charge < -0.3 is 4.90 Å². The molecule has 5 heteroatoms. The van der Waals surface area contributed by atoms with E-state index in [-0.39, 0.29) is 5.91 Å². The van der Waals surface area contributed by atoms with Gasteiger partial charge >= 0.3 is 0 Å². The summed E-state index contributed by atoms with van der Waals surface area (Å²) in [6.45, 7) is 5.94. The molecule has 0 radical (unpaired) electrons.